The molecule has 1 fully saturated rings. The molecule has 6 heteroatoms. The van der Waals surface area contributed by atoms with Crippen molar-refractivity contribution in [1.82, 2.24) is 20.2 Å². The van der Waals surface area contributed by atoms with Gasteiger partial charge in [-0.1, -0.05) is 18.9 Å². The minimum absolute atomic E-state index is 0.385. The van der Waals surface area contributed by atoms with Crippen LogP contribution < -0.4 is 10.5 Å². The number of ether oxygens (including phenoxy) is 1. The van der Waals surface area contributed by atoms with Gasteiger partial charge in [-0.3, -0.25) is 0 Å². The van der Waals surface area contributed by atoms with Crippen LogP contribution in [0.1, 0.15) is 38.6 Å². The summed E-state index contributed by atoms with van der Waals surface area (Å²) in [5, 5.41) is 12.2. The normalized spacial score (nSPS) is 15.7. The summed E-state index contributed by atoms with van der Waals surface area (Å²) in [6.07, 6.45) is 4.73. The minimum Gasteiger partial charge on any atom is -0.491 e. The number of aromatic nitrogens is 4. The van der Waals surface area contributed by atoms with Crippen molar-refractivity contribution in [3.63, 3.8) is 0 Å². The molecule has 1 aromatic heterocycles. The smallest absolute Gasteiger partial charge is 0.186 e. The standard InChI is InChI=1S/C14H19N5O/c1-2-20-13-11(8-5-9-12(13)15)14-16-17-18-19(14)10-6-3-4-7-10/h5,8-10H,2-4,6-7,15H2,1H3. The molecule has 2 aromatic rings. The van der Waals surface area contributed by atoms with Gasteiger partial charge in [0.2, 0.25) is 0 Å². The minimum atomic E-state index is 0.385. The molecule has 106 valence electrons. The van der Waals surface area contributed by atoms with Crippen molar-refractivity contribution < 1.29 is 4.74 Å². The number of benzene rings is 1. The Hall–Kier alpha value is -2.11. The Morgan fingerprint density at radius 2 is 2.15 bits per heavy atom. The summed E-state index contributed by atoms with van der Waals surface area (Å²) in [6, 6.07) is 6.08. The fourth-order valence-electron chi connectivity index (χ4n) is 2.80. The van der Waals surface area contributed by atoms with Crippen molar-refractivity contribution in [2.24, 2.45) is 0 Å². The van der Waals surface area contributed by atoms with Crippen molar-refractivity contribution in [3.8, 4) is 17.1 Å². The van der Waals surface area contributed by atoms with Crippen LogP contribution in [0.5, 0.6) is 5.75 Å². The first-order valence-electron chi connectivity index (χ1n) is 7.10. The molecule has 0 spiro atoms. The molecule has 0 aliphatic heterocycles. The van der Waals surface area contributed by atoms with Crippen LogP contribution in [0, 0.1) is 0 Å². The number of tetrazole rings is 1. The zero-order chi connectivity index (χ0) is 13.9. The number of nitrogen functional groups attached to an aromatic ring is 1. The molecule has 1 aliphatic rings. The SMILES string of the molecule is CCOc1c(N)cccc1-c1nnnn1C1CCCC1. The lowest BCUT2D eigenvalue weighted by molar-refractivity contribution is 0.342. The molecule has 2 N–H and O–H groups in total. The highest BCUT2D eigenvalue weighted by molar-refractivity contribution is 5.73. The predicted octanol–water partition coefficient (Wildman–Crippen LogP) is 2.44. The van der Waals surface area contributed by atoms with Crippen LogP contribution >= 0.6 is 0 Å². The number of hydrogen-bond donors (Lipinski definition) is 1. The van der Waals surface area contributed by atoms with Gasteiger partial charge in [-0.15, -0.1) is 5.10 Å². The highest BCUT2D eigenvalue weighted by Crippen LogP contribution is 2.37. The maximum absolute atomic E-state index is 6.01. The second kappa shape index (κ2) is 5.48. The first-order chi connectivity index (χ1) is 9.81. The molecule has 0 saturated heterocycles. The van der Waals surface area contributed by atoms with E-state index >= 15 is 0 Å². The number of nitrogens with two attached hydrogens (primary N) is 1. The lowest BCUT2D eigenvalue weighted by Crippen LogP contribution is -2.10. The molecular weight excluding hydrogens is 254 g/mol. The Bertz CT molecular complexity index is 589. The molecule has 3 rings (SSSR count). The monoisotopic (exact) mass is 273 g/mol. The quantitative estimate of drug-likeness (QED) is 0.865. The molecule has 0 unspecified atom stereocenters. The van der Waals surface area contributed by atoms with Gasteiger partial charge in [0.05, 0.1) is 23.9 Å². The molecule has 1 saturated carbocycles. The summed E-state index contributed by atoms with van der Waals surface area (Å²) in [6.45, 7) is 2.50. The predicted molar refractivity (Wildman–Crippen MR) is 76.3 cm³/mol. The molecule has 20 heavy (non-hydrogen) atoms. The zero-order valence-electron chi connectivity index (χ0n) is 11.6. The fourth-order valence-corrected chi connectivity index (χ4v) is 2.80. The summed E-state index contributed by atoms with van der Waals surface area (Å²) in [7, 11) is 0. The van der Waals surface area contributed by atoms with Crippen molar-refractivity contribution >= 4 is 5.69 Å². The number of rotatable bonds is 4. The highest BCUT2D eigenvalue weighted by Gasteiger charge is 2.24. The largest absolute Gasteiger partial charge is 0.491 e. The molecule has 1 heterocycles. The van der Waals surface area contributed by atoms with Crippen LogP contribution in [0.15, 0.2) is 18.2 Å². The third kappa shape index (κ3) is 2.21. The number of hydrogen-bond acceptors (Lipinski definition) is 5. The van der Waals surface area contributed by atoms with Gasteiger partial charge in [-0.2, -0.15) is 0 Å². The Kier molecular flexibility index (Phi) is 3.54. The van der Waals surface area contributed by atoms with Gasteiger partial charge >= 0.3 is 0 Å². The summed E-state index contributed by atoms with van der Waals surface area (Å²) in [4.78, 5) is 0. The first kappa shape index (κ1) is 12.9. The maximum Gasteiger partial charge on any atom is 0.186 e. The van der Waals surface area contributed by atoms with Gasteiger partial charge in [0.1, 0.15) is 0 Å². The van der Waals surface area contributed by atoms with Crippen LogP contribution in [-0.2, 0) is 0 Å². The Balaban J connectivity index is 2.05. The van der Waals surface area contributed by atoms with Crippen molar-refractivity contribution in [2.75, 3.05) is 12.3 Å². The van der Waals surface area contributed by atoms with Gasteiger partial charge in [-0.05, 0) is 42.3 Å². The maximum atomic E-state index is 6.01. The van der Waals surface area contributed by atoms with E-state index in [1.54, 1.807) is 0 Å². The number of para-hydroxylation sites is 1. The second-order valence-electron chi connectivity index (χ2n) is 5.04. The van der Waals surface area contributed by atoms with Crippen molar-refractivity contribution in [2.45, 2.75) is 38.6 Å². The molecule has 0 amide bonds. The molecule has 0 atom stereocenters. The molecular formula is C14H19N5O. The summed E-state index contributed by atoms with van der Waals surface area (Å²) in [5.41, 5.74) is 7.49. The first-order valence-corrected chi connectivity index (χ1v) is 7.10. The van der Waals surface area contributed by atoms with Crippen LogP contribution in [-0.4, -0.2) is 26.8 Å². The summed E-state index contributed by atoms with van der Waals surface area (Å²) < 4.78 is 7.60. The van der Waals surface area contributed by atoms with Gasteiger partial charge < -0.3 is 10.5 Å². The lowest BCUT2D eigenvalue weighted by Gasteiger charge is -2.15. The van der Waals surface area contributed by atoms with E-state index in [2.05, 4.69) is 15.5 Å². The Labute approximate surface area is 117 Å². The van der Waals surface area contributed by atoms with E-state index in [0.717, 1.165) is 24.2 Å². The number of nitrogens with zero attached hydrogens (tertiary/aromatic N) is 4. The number of anilines is 1. The Morgan fingerprint density at radius 3 is 2.90 bits per heavy atom. The van der Waals surface area contributed by atoms with Gasteiger partial charge in [-0.25, -0.2) is 4.68 Å². The summed E-state index contributed by atoms with van der Waals surface area (Å²) >= 11 is 0. The molecule has 1 aromatic carbocycles. The van der Waals surface area contributed by atoms with Crippen LogP contribution in [0.25, 0.3) is 11.4 Å². The van der Waals surface area contributed by atoms with Crippen LogP contribution in [0.3, 0.4) is 0 Å². The lowest BCUT2D eigenvalue weighted by atomic mass is 10.1. The van der Waals surface area contributed by atoms with E-state index in [-0.39, 0.29) is 0 Å². The van der Waals surface area contributed by atoms with Gasteiger partial charge in [0.15, 0.2) is 11.6 Å². The highest BCUT2D eigenvalue weighted by atomic mass is 16.5. The topological polar surface area (TPSA) is 78.8 Å². The third-order valence-corrected chi connectivity index (χ3v) is 3.74. The van der Waals surface area contributed by atoms with Gasteiger partial charge in [0, 0.05) is 0 Å². The van der Waals surface area contributed by atoms with Crippen LogP contribution in [0.2, 0.25) is 0 Å². The van der Waals surface area contributed by atoms with Crippen molar-refractivity contribution in [1.29, 1.82) is 0 Å². The van der Waals surface area contributed by atoms with Gasteiger partial charge in [0.25, 0.3) is 0 Å². The van der Waals surface area contributed by atoms with Crippen molar-refractivity contribution in [3.05, 3.63) is 18.2 Å². The van der Waals surface area contributed by atoms with E-state index < -0.39 is 0 Å². The zero-order valence-corrected chi connectivity index (χ0v) is 11.6. The van der Waals surface area contributed by atoms with E-state index in [0.29, 0.717) is 24.1 Å². The fraction of sp³-hybridized carbons (Fsp3) is 0.500. The Morgan fingerprint density at radius 1 is 1.35 bits per heavy atom. The third-order valence-electron chi connectivity index (χ3n) is 3.74. The molecule has 6 nitrogen and oxygen atoms in total. The van der Waals surface area contributed by atoms with Crippen LogP contribution in [0.4, 0.5) is 5.69 Å². The average Bonchev–Trinajstić information content (AvgIpc) is 3.10. The van der Waals surface area contributed by atoms with E-state index in [9.17, 15) is 0 Å². The second-order valence-corrected chi connectivity index (χ2v) is 5.04. The van der Waals surface area contributed by atoms with E-state index in [4.69, 9.17) is 10.5 Å². The molecule has 1 aliphatic carbocycles. The summed E-state index contributed by atoms with van der Waals surface area (Å²) in [5.74, 6) is 1.41. The van der Waals surface area contributed by atoms with E-state index in [1.165, 1.54) is 12.8 Å². The van der Waals surface area contributed by atoms with E-state index in [1.807, 2.05) is 29.8 Å². The molecule has 0 bridgehead atoms. The average molecular weight is 273 g/mol. The molecule has 0 radical (unpaired) electrons.